The largest absolute Gasteiger partial charge is 0.497 e. The van der Waals surface area contributed by atoms with E-state index in [0.29, 0.717) is 0 Å². The van der Waals surface area contributed by atoms with Gasteiger partial charge in [0.05, 0.1) is 23.7 Å². The molecule has 11 heteroatoms. The number of aromatic nitrogens is 2. The smallest absolute Gasteiger partial charge is 0.490 e. The number of H-pyrrole nitrogens is 1. The molecule has 228 valence electrons. The maximum atomic E-state index is 13.0. The third-order valence-corrected chi connectivity index (χ3v) is 8.60. The van der Waals surface area contributed by atoms with Gasteiger partial charge in [-0.2, -0.15) is 18.3 Å². The number of ether oxygens (including phenoxy) is 1. The zero-order valence-corrected chi connectivity index (χ0v) is 23.9. The van der Waals surface area contributed by atoms with E-state index in [1.54, 1.807) is 7.11 Å². The fourth-order valence-corrected chi connectivity index (χ4v) is 6.21. The summed E-state index contributed by atoms with van der Waals surface area (Å²) in [5.41, 5.74) is 7.04. The van der Waals surface area contributed by atoms with Crippen molar-refractivity contribution in [2.45, 2.75) is 43.3 Å². The minimum Gasteiger partial charge on any atom is -0.497 e. The van der Waals surface area contributed by atoms with E-state index in [-0.39, 0.29) is 11.8 Å². The molecule has 3 aliphatic rings. The number of nitrogens with one attached hydrogen (secondary N) is 2. The Morgan fingerprint density at radius 2 is 1.82 bits per heavy atom. The lowest BCUT2D eigenvalue weighted by molar-refractivity contribution is -0.192. The molecular formula is C33H31F3N4O4. The number of carboxylic acid groups (broad SMARTS) is 1. The number of anilines is 1. The number of aromatic amines is 1. The number of hydrogen-bond acceptors (Lipinski definition) is 5. The Kier molecular flexibility index (Phi) is 7.66. The lowest BCUT2D eigenvalue weighted by Crippen LogP contribution is -2.21. The van der Waals surface area contributed by atoms with Gasteiger partial charge in [0.25, 0.3) is 0 Å². The third kappa shape index (κ3) is 5.67. The number of aliphatic carboxylic acids is 1. The molecule has 3 N–H and O–H groups in total. The van der Waals surface area contributed by atoms with Crippen LogP contribution in [0, 0.1) is 0 Å². The van der Waals surface area contributed by atoms with Gasteiger partial charge in [-0.15, -0.1) is 0 Å². The van der Waals surface area contributed by atoms with Crippen molar-refractivity contribution in [1.29, 1.82) is 0 Å². The highest BCUT2D eigenvalue weighted by Crippen LogP contribution is 2.65. The van der Waals surface area contributed by atoms with Gasteiger partial charge >= 0.3 is 12.1 Å². The fraction of sp³-hybridized carbons (Fsp3) is 0.303. The number of halogens is 3. The first kappa shape index (κ1) is 29.4. The van der Waals surface area contributed by atoms with E-state index in [1.165, 1.54) is 37.1 Å². The van der Waals surface area contributed by atoms with Crippen molar-refractivity contribution in [3.63, 3.8) is 0 Å². The first-order chi connectivity index (χ1) is 21.1. The minimum absolute atomic E-state index is 0.0838. The summed E-state index contributed by atoms with van der Waals surface area (Å²) in [5, 5.41) is 19.0. The molecule has 0 radical (unpaired) electrons. The van der Waals surface area contributed by atoms with Crippen LogP contribution in [0.4, 0.5) is 18.9 Å². The van der Waals surface area contributed by atoms with Crippen molar-refractivity contribution in [3.8, 4) is 5.75 Å². The Labute approximate surface area is 251 Å². The number of hydrogen-bond donors (Lipinski definition) is 3. The molecular weight excluding hydrogens is 573 g/mol. The van der Waals surface area contributed by atoms with Crippen molar-refractivity contribution >= 4 is 40.6 Å². The fourth-order valence-electron chi connectivity index (χ4n) is 6.21. The average molecular weight is 605 g/mol. The molecule has 44 heavy (non-hydrogen) atoms. The monoisotopic (exact) mass is 604 g/mol. The number of carboxylic acids is 1. The Balaban J connectivity index is 0.000000441. The van der Waals surface area contributed by atoms with Gasteiger partial charge in [0.15, 0.2) is 0 Å². The van der Waals surface area contributed by atoms with Crippen LogP contribution in [0.5, 0.6) is 5.75 Å². The normalized spacial score (nSPS) is 20.9. The van der Waals surface area contributed by atoms with Crippen LogP contribution in [0.25, 0.3) is 23.1 Å². The number of benzene rings is 3. The number of fused-ring (bicyclic) bond motifs is 3. The molecule has 1 saturated carbocycles. The Morgan fingerprint density at radius 3 is 2.50 bits per heavy atom. The molecule has 7 rings (SSSR count). The zero-order valence-electron chi connectivity index (χ0n) is 23.9. The summed E-state index contributed by atoms with van der Waals surface area (Å²) in [5.74, 6) is -1.75. The van der Waals surface area contributed by atoms with Crippen LogP contribution in [-0.2, 0) is 21.5 Å². The van der Waals surface area contributed by atoms with Gasteiger partial charge in [-0.1, -0.05) is 42.5 Å². The van der Waals surface area contributed by atoms with E-state index in [0.717, 1.165) is 52.1 Å². The molecule has 8 nitrogen and oxygen atoms in total. The molecule has 1 aliphatic carbocycles. The number of rotatable bonds is 6. The van der Waals surface area contributed by atoms with Crippen LogP contribution in [0.2, 0.25) is 0 Å². The van der Waals surface area contributed by atoms with E-state index in [1.807, 2.05) is 18.2 Å². The second kappa shape index (κ2) is 11.5. The third-order valence-electron chi connectivity index (χ3n) is 8.60. The topological polar surface area (TPSA) is 108 Å². The van der Waals surface area contributed by atoms with Gasteiger partial charge < -0.3 is 15.2 Å². The number of alkyl halides is 3. The second-order valence-corrected chi connectivity index (χ2v) is 11.4. The number of likely N-dealkylation sites (tertiary alicyclic amines) is 1. The van der Waals surface area contributed by atoms with Crippen LogP contribution in [0.1, 0.15) is 53.1 Å². The number of carbonyl (C=O) groups excluding carboxylic acids is 1. The van der Waals surface area contributed by atoms with Gasteiger partial charge in [-0.3, -0.25) is 14.8 Å². The Hall–Kier alpha value is -4.64. The van der Waals surface area contributed by atoms with Crippen molar-refractivity contribution in [2.75, 3.05) is 25.5 Å². The first-order valence-electron chi connectivity index (χ1n) is 14.4. The summed E-state index contributed by atoms with van der Waals surface area (Å²) >= 11 is 0. The highest BCUT2D eigenvalue weighted by molar-refractivity contribution is 6.10. The Bertz CT molecular complexity index is 1740. The molecule has 2 aliphatic heterocycles. The van der Waals surface area contributed by atoms with Crippen molar-refractivity contribution in [1.82, 2.24) is 15.1 Å². The summed E-state index contributed by atoms with van der Waals surface area (Å²) in [7, 11) is 1.66. The predicted molar refractivity (Wildman–Crippen MR) is 160 cm³/mol. The summed E-state index contributed by atoms with van der Waals surface area (Å²) in [6, 6.07) is 21.1. The van der Waals surface area contributed by atoms with Gasteiger partial charge in [-0.05, 0) is 84.9 Å². The van der Waals surface area contributed by atoms with E-state index in [4.69, 9.17) is 14.6 Å². The quantitative estimate of drug-likeness (QED) is 0.237. The van der Waals surface area contributed by atoms with Crippen LogP contribution >= 0.6 is 0 Å². The summed E-state index contributed by atoms with van der Waals surface area (Å²) < 4.78 is 37.2. The number of amides is 1. The van der Waals surface area contributed by atoms with Gasteiger partial charge in [0.1, 0.15) is 5.75 Å². The van der Waals surface area contributed by atoms with E-state index < -0.39 is 17.6 Å². The number of carbonyl (C=O) groups is 2. The highest BCUT2D eigenvalue weighted by Gasteiger charge is 2.65. The van der Waals surface area contributed by atoms with Crippen LogP contribution in [0.3, 0.4) is 0 Å². The lowest BCUT2D eigenvalue weighted by Gasteiger charge is -2.14. The molecule has 1 spiro atoms. The maximum Gasteiger partial charge on any atom is 0.490 e. The second-order valence-electron chi connectivity index (χ2n) is 11.4. The number of methoxy groups -OCH3 is 1. The summed E-state index contributed by atoms with van der Waals surface area (Å²) in [6.45, 7) is 3.47. The molecule has 3 aromatic carbocycles. The lowest BCUT2D eigenvalue weighted by atomic mass is 9.91. The average Bonchev–Trinajstić information content (AvgIpc) is 3.23. The van der Waals surface area contributed by atoms with Gasteiger partial charge in [0, 0.05) is 23.5 Å². The van der Waals surface area contributed by atoms with E-state index >= 15 is 0 Å². The first-order valence-corrected chi connectivity index (χ1v) is 14.4. The summed E-state index contributed by atoms with van der Waals surface area (Å²) in [4.78, 5) is 24.4. The van der Waals surface area contributed by atoms with Crippen LogP contribution in [0.15, 0.2) is 60.7 Å². The van der Waals surface area contributed by atoms with Crippen molar-refractivity contribution in [2.24, 2.45) is 0 Å². The van der Waals surface area contributed by atoms with E-state index in [9.17, 15) is 18.0 Å². The number of nitrogens with zero attached hydrogens (tertiary/aromatic N) is 2. The SMILES string of the molecule is COc1ccc2c(c1)[C@]1(C[C@H]1c1ccc3c(/C=C/c4ccc(CN5CCCC5)cc4)n[nH]c3c1)C(=O)N2.O=C(O)C(F)(F)F. The highest BCUT2D eigenvalue weighted by atomic mass is 19.4. The minimum atomic E-state index is -5.08. The molecule has 1 aromatic heterocycles. The molecule has 0 unspecified atom stereocenters. The molecule has 3 heterocycles. The van der Waals surface area contributed by atoms with Crippen LogP contribution < -0.4 is 10.1 Å². The molecule has 4 aromatic rings. The van der Waals surface area contributed by atoms with Gasteiger partial charge in [-0.25, -0.2) is 4.79 Å². The van der Waals surface area contributed by atoms with Gasteiger partial charge in [0.2, 0.25) is 5.91 Å². The van der Waals surface area contributed by atoms with Crippen molar-refractivity contribution in [3.05, 3.63) is 88.6 Å². The predicted octanol–water partition coefficient (Wildman–Crippen LogP) is 6.35. The molecule has 1 amide bonds. The molecule has 1 saturated heterocycles. The molecule has 0 bridgehead atoms. The molecule has 2 fully saturated rings. The molecule has 2 atom stereocenters. The van der Waals surface area contributed by atoms with E-state index in [2.05, 4.69) is 75.0 Å². The maximum absolute atomic E-state index is 13.0. The Morgan fingerprint density at radius 1 is 1.09 bits per heavy atom. The summed E-state index contributed by atoms with van der Waals surface area (Å²) in [6.07, 6.45) is 2.55. The zero-order chi connectivity index (χ0) is 31.1. The standard InChI is InChI=1S/C31H30N4O2.C2HF3O2/c1-37-23-10-13-28-25(17-23)31(30(36)32-28)18-26(31)22-9-11-24-27(33-34-29(24)16-22)12-8-20-4-6-21(7-5-20)19-35-14-2-3-15-35;3-2(4,5)1(6)7/h4-13,16-17,26H,2-3,14-15,18-19H2,1H3,(H,32,36)(H,33,34);(H,6,7)/b12-8+;/t26-,31-;/m0./s1. The van der Waals surface area contributed by atoms with Crippen LogP contribution in [-0.4, -0.2) is 58.5 Å². The van der Waals surface area contributed by atoms with Crippen molar-refractivity contribution < 1.29 is 32.6 Å².